The van der Waals surface area contributed by atoms with E-state index in [1.54, 1.807) is 6.92 Å². The highest BCUT2D eigenvalue weighted by molar-refractivity contribution is 6.32. The number of ether oxygens (including phenoxy) is 1. The first kappa shape index (κ1) is 24.6. The number of fused-ring (bicyclic) bond motifs is 1. The van der Waals surface area contributed by atoms with Crippen molar-refractivity contribution in [2.45, 2.75) is 64.7 Å². The third-order valence-corrected chi connectivity index (χ3v) is 7.68. The van der Waals surface area contributed by atoms with Crippen molar-refractivity contribution >= 4 is 29.2 Å². The number of H-pyrrole nitrogens is 1. The molecule has 1 aromatic carbocycles. The maximum Gasteiger partial charge on any atom is 0.257 e. The van der Waals surface area contributed by atoms with E-state index in [1.165, 1.54) is 0 Å². The van der Waals surface area contributed by atoms with E-state index in [0.29, 0.717) is 43.5 Å². The summed E-state index contributed by atoms with van der Waals surface area (Å²) < 4.78 is 6.02. The smallest absolute Gasteiger partial charge is 0.257 e. The molecule has 0 bridgehead atoms. The molecule has 0 atom stereocenters. The first-order valence-electron chi connectivity index (χ1n) is 12.4. The van der Waals surface area contributed by atoms with Gasteiger partial charge in [-0.3, -0.25) is 14.6 Å². The molecule has 1 saturated heterocycles. The highest BCUT2D eigenvalue weighted by Gasteiger charge is 2.44. The van der Waals surface area contributed by atoms with Gasteiger partial charge in [0, 0.05) is 31.7 Å². The van der Waals surface area contributed by atoms with Crippen molar-refractivity contribution in [1.82, 2.24) is 9.97 Å². The number of hydrogen-bond acceptors (Lipinski definition) is 6. The molecule has 2 aliphatic heterocycles. The van der Waals surface area contributed by atoms with E-state index in [4.69, 9.17) is 21.3 Å². The maximum absolute atomic E-state index is 13.2. The number of hydrogen-bond donors (Lipinski definition) is 1. The number of nitrogens with one attached hydrogen (secondary N) is 1. The molecular formula is C26H35ClN4O3. The Morgan fingerprint density at radius 1 is 1.24 bits per heavy atom. The summed E-state index contributed by atoms with van der Waals surface area (Å²) >= 11 is 6.76. The lowest BCUT2D eigenvalue weighted by atomic mass is 9.68. The molecule has 1 fully saturated rings. The van der Waals surface area contributed by atoms with Gasteiger partial charge in [-0.25, -0.2) is 0 Å². The van der Waals surface area contributed by atoms with Crippen LogP contribution in [0.15, 0.2) is 16.9 Å². The third-order valence-electron chi connectivity index (χ3n) is 7.37. The molecule has 0 radical (unpaired) electrons. The summed E-state index contributed by atoms with van der Waals surface area (Å²) in [6.07, 6.45) is 4.56. The van der Waals surface area contributed by atoms with Crippen LogP contribution in [0.2, 0.25) is 5.02 Å². The van der Waals surface area contributed by atoms with Gasteiger partial charge in [-0.05, 0) is 68.7 Å². The van der Waals surface area contributed by atoms with Gasteiger partial charge in [-0.15, -0.1) is 0 Å². The largest absolute Gasteiger partial charge is 0.493 e. The standard InChI is InChI=1S/C26H35ClN4O3/c1-5-16-34-21-10-9-20(27)22(18(21)6-2)26(17(3)32)11-14-31(15-12-26)25-28-23-19(24(33)29-25)8-7-13-30(23)4/h9-10H,5-8,11-16H2,1-4H3,(H,28,29,33). The summed E-state index contributed by atoms with van der Waals surface area (Å²) in [5.74, 6) is 2.28. The number of nitrogens with zero attached hydrogens (tertiary/aromatic N) is 3. The zero-order chi connectivity index (χ0) is 24.5. The number of carbonyl (C=O) groups is 1. The number of ketones is 1. The Morgan fingerprint density at radius 3 is 2.62 bits per heavy atom. The van der Waals surface area contributed by atoms with E-state index >= 15 is 0 Å². The number of rotatable bonds is 7. The van der Waals surface area contributed by atoms with E-state index in [2.05, 4.69) is 28.6 Å². The molecule has 0 saturated carbocycles. The number of aromatic nitrogens is 2. The lowest BCUT2D eigenvalue weighted by Crippen LogP contribution is -2.48. The van der Waals surface area contributed by atoms with Crippen molar-refractivity contribution < 1.29 is 9.53 Å². The van der Waals surface area contributed by atoms with Crippen LogP contribution in [0.4, 0.5) is 11.8 Å². The fourth-order valence-electron chi connectivity index (χ4n) is 5.46. The number of benzene rings is 1. The van der Waals surface area contributed by atoms with Crippen molar-refractivity contribution in [2.75, 3.05) is 43.1 Å². The van der Waals surface area contributed by atoms with Crippen LogP contribution in [-0.2, 0) is 23.1 Å². The summed E-state index contributed by atoms with van der Waals surface area (Å²) in [5.41, 5.74) is 1.94. The lowest BCUT2D eigenvalue weighted by Gasteiger charge is -2.42. The molecule has 184 valence electrons. The monoisotopic (exact) mass is 486 g/mol. The topological polar surface area (TPSA) is 78.5 Å². The van der Waals surface area contributed by atoms with Gasteiger partial charge >= 0.3 is 0 Å². The van der Waals surface area contributed by atoms with Crippen LogP contribution in [0.25, 0.3) is 0 Å². The fourth-order valence-corrected chi connectivity index (χ4v) is 5.82. The molecule has 4 rings (SSSR count). The maximum atomic E-state index is 13.2. The second-order valence-corrected chi connectivity index (χ2v) is 9.85. The zero-order valence-electron chi connectivity index (χ0n) is 20.7. The molecule has 0 unspecified atom stereocenters. The lowest BCUT2D eigenvalue weighted by molar-refractivity contribution is -0.123. The van der Waals surface area contributed by atoms with Crippen LogP contribution in [0, 0.1) is 0 Å². The Morgan fingerprint density at radius 2 is 1.97 bits per heavy atom. The third kappa shape index (κ3) is 4.30. The van der Waals surface area contributed by atoms with Gasteiger partial charge in [-0.1, -0.05) is 25.4 Å². The van der Waals surface area contributed by atoms with Gasteiger partial charge in [-0.2, -0.15) is 4.98 Å². The van der Waals surface area contributed by atoms with Crippen molar-refractivity contribution in [1.29, 1.82) is 0 Å². The molecule has 0 aliphatic carbocycles. The molecule has 8 heteroatoms. The first-order valence-corrected chi connectivity index (χ1v) is 12.7. The molecule has 7 nitrogen and oxygen atoms in total. The Balaban J connectivity index is 1.67. The Hall–Kier alpha value is -2.54. The molecule has 1 N–H and O–H groups in total. The van der Waals surface area contributed by atoms with Gasteiger partial charge in [0.25, 0.3) is 5.56 Å². The van der Waals surface area contributed by atoms with E-state index in [-0.39, 0.29) is 11.3 Å². The SMILES string of the molecule is CCCOc1ccc(Cl)c(C2(C(C)=O)CCN(c3nc4c(c(=O)[nH]3)CCCN4C)CC2)c1CC. The molecule has 0 amide bonds. The number of carbonyl (C=O) groups excluding carboxylic acids is 1. The van der Waals surface area contributed by atoms with E-state index in [0.717, 1.165) is 60.5 Å². The Kier molecular flexibility index (Phi) is 7.22. The predicted octanol–water partition coefficient (Wildman–Crippen LogP) is 4.28. The molecule has 0 spiro atoms. The quantitative estimate of drug-likeness (QED) is 0.629. The Bertz CT molecular complexity index is 1120. The fraction of sp³-hybridized carbons (Fsp3) is 0.577. The number of aromatic amines is 1. The minimum absolute atomic E-state index is 0.0629. The molecule has 2 aliphatic rings. The van der Waals surface area contributed by atoms with E-state index < -0.39 is 5.41 Å². The van der Waals surface area contributed by atoms with Gasteiger partial charge < -0.3 is 14.5 Å². The minimum atomic E-state index is -0.685. The number of piperidine rings is 1. The average molecular weight is 487 g/mol. The highest BCUT2D eigenvalue weighted by atomic mass is 35.5. The minimum Gasteiger partial charge on any atom is -0.493 e. The van der Waals surface area contributed by atoms with Gasteiger partial charge in [0.2, 0.25) is 5.95 Å². The van der Waals surface area contributed by atoms with E-state index in [9.17, 15) is 9.59 Å². The molecular weight excluding hydrogens is 452 g/mol. The van der Waals surface area contributed by atoms with E-state index in [1.807, 2.05) is 19.2 Å². The van der Waals surface area contributed by atoms with Crippen LogP contribution in [0.1, 0.15) is 63.1 Å². The second kappa shape index (κ2) is 9.98. The number of halogens is 1. The van der Waals surface area contributed by atoms with Gasteiger partial charge in [0.15, 0.2) is 0 Å². The van der Waals surface area contributed by atoms with Crippen molar-refractivity contribution in [3.63, 3.8) is 0 Å². The summed E-state index contributed by atoms with van der Waals surface area (Å²) in [5, 5.41) is 0.617. The zero-order valence-corrected chi connectivity index (χ0v) is 21.4. The van der Waals surface area contributed by atoms with Gasteiger partial charge in [0.05, 0.1) is 17.6 Å². The number of Topliss-reactive ketones (excluding diaryl/α,β-unsaturated/α-hetero) is 1. The average Bonchev–Trinajstić information content (AvgIpc) is 2.83. The van der Waals surface area contributed by atoms with Crippen LogP contribution in [0.3, 0.4) is 0 Å². The van der Waals surface area contributed by atoms with Crippen LogP contribution in [-0.4, -0.2) is 49.0 Å². The van der Waals surface area contributed by atoms with Crippen molar-refractivity contribution in [3.05, 3.63) is 44.2 Å². The summed E-state index contributed by atoms with van der Waals surface area (Å²) in [6, 6.07) is 3.78. The summed E-state index contributed by atoms with van der Waals surface area (Å²) in [4.78, 5) is 37.9. The summed E-state index contributed by atoms with van der Waals surface area (Å²) in [6.45, 7) is 8.54. The second-order valence-electron chi connectivity index (χ2n) is 9.44. The van der Waals surface area contributed by atoms with Crippen LogP contribution < -0.4 is 20.1 Å². The van der Waals surface area contributed by atoms with Crippen LogP contribution in [0.5, 0.6) is 5.75 Å². The highest BCUT2D eigenvalue weighted by Crippen LogP contribution is 2.45. The normalized spacial score (nSPS) is 17.4. The Labute approximate surface area is 206 Å². The van der Waals surface area contributed by atoms with Gasteiger partial charge in [0.1, 0.15) is 17.4 Å². The molecule has 34 heavy (non-hydrogen) atoms. The number of anilines is 2. The predicted molar refractivity (Wildman–Crippen MR) is 137 cm³/mol. The molecule has 1 aromatic heterocycles. The van der Waals surface area contributed by atoms with Crippen LogP contribution >= 0.6 is 11.6 Å². The summed E-state index contributed by atoms with van der Waals surface area (Å²) in [7, 11) is 1.98. The molecule has 2 aromatic rings. The molecule has 3 heterocycles. The first-order chi connectivity index (χ1) is 16.3. The van der Waals surface area contributed by atoms with Crippen molar-refractivity contribution in [2.24, 2.45) is 0 Å². The van der Waals surface area contributed by atoms with Crippen molar-refractivity contribution in [3.8, 4) is 5.75 Å².